The van der Waals surface area contributed by atoms with Crippen LogP contribution in [0, 0.1) is 17.8 Å². The second kappa shape index (κ2) is 11.1. The lowest BCUT2D eigenvalue weighted by Crippen LogP contribution is -2.21. The number of aliphatic hydroxyl groups is 1. The summed E-state index contributed by atoms with van der Waals surface area (Å²) in [7, 11) is 1.49. The summed E-state index contributed by atoms with van der Waals surface area (Å²) in [5.74, 6) is 1.46. The minimum Gasteiger partial charge on any atom is -0.504 e. The maximum Gasteiger partial charge on any atom is 0.160 e. The predicted molar refractivity (Wildman–Crippen MR) is 101 cm³/mol. The lowest BCUT2D eigenvalue weighted by molar-refractivity contribution is -0.124. The van der Waals surface area contributed by atoms with E-state index in [1.165, 1.54) is 20.0 Å². The number of hydrogen-bond acceptors (Lipinski definition) is 4. The maximum atomic E-state index is 12.4. The van der Waals surface area contributed by atoms with E-state index >= 15 is 0 Å². The van der Waals surface area contributed by atoms with Crippen LogP contribution in [0.3, 0.4) is 0 Å². The zero-order valence-electron chi connectivity index (χ0n) is 16.1. The second-order valence-electron chi connectivity index (χ2n) is 7.52. The SMILES string of the molecule is COc1cc(CC(CO)C(=O)CC[C@@H](C)CCCC(C)C)ccc1O. The molecule has 0 radical (unpaired) electrons. The molecule has 0 saturated carbocycles. The van der Waals surface area contributed by atoms with Crippen molar-refractivity contribution in [2.24, 2.45) is 17.8 Å². The van der Waals surface area contributed by atoms with Crippen LogP contribution >= 0.6 is 0 Å². The van der Waals surface area contributed by atoms with E-state index in [0.29, 0.717) is 24.5 Å². The molecule has 25 heavy (non-hydrogen) atoms. The fourth-order valence-electron chi connectivity index (χ4n) is 3.03. The zero-order valence-corrected chi connectivity index (χ0v) is 16.1. The minimum atomic E-state index is -0.392. The molecular formula is C21H34O4. The standard InChI is InChI=1S/C21H34O4/c1-15(2)6-5-7-16(3)8-10-19(23)18(14-22)12-17-9-11-20(24)21(13-17)25-4/h9,11,13,15-16,18,22,24H,5-8,10,12,14H2,1-4H3/t16-,18?/m0/s1. The van der Waals surface area contributed by atoms with E-state index in [0.717, 1.165) is 24.3 Å². The van der Waals surface area contributed by atoms with E-state index in [9.17, 15) is 15.0 Å². The summed E-state index contributed by atoms with van der Waals surface area (Å²) in [5, 5.41) is 19.2. The van der Waals surface area contributed by atoms with Crippen LogP contribution in [0.5, 0.6) is 11.5 Å². The Morgan fingerprint density at radius 2 is 1.88 bits per heavy atom. The Labute approximate surface area is 152 Å². The number of methoxy groups -OCH3 is 1. The van der Waals surface area contributed by atoms with Crippen LogP contribution in [0.2, 0.25) is 0 Å². The number of carbonyl (C=O) groups excluding carboxylic acids is 1. The van der Waals surface area contributed by atoms with Gasteiger partial charge in [-0.15, -0.1) is 0 Å². The largest absolute Gasteiger partial charge is 0.504 e. The summed E-state index contributed by atoms with van der Waals surface area (Å²) >= 11 is 0. The van der Waals surface area contributed by atoms with E-state index in [-0.39, 0.29) is 18.1 Å². The highest BCUT2D eigenvalue weighted by molar-refractivity contribution is 5.81. The predicted octanol–water partition coefficient (Wildman–Crippen LogP) is 4.36. The Bertz CT molecular complexity index is 525. The van der Waals surface area contributed by atoms with Gasteiger partial charge in [0, 0.05) is 12.3 Å². The first kappa shape index (κ1) is 21.5. The molecule has 0 aromatic heterocycles. The third-order valence-corrected chi connectivity index (χ3v) is 4.76. The summed E-state index contributed by atoms with van der Waals surface area (Å²) < 4.78 is 5.10. The van der Waals surface area contributed by atoms with Gasteiger partial charge in [0.2, 0.25) is 0 Å². The average Bonchev–Trinajstić information content (AvgIpc) is 2.58. The van der Waals surface area contributed by atoms with Crippen LogP contribution < -0.4 is 4.74 Å². The molecule has 0 bridgehead atoms. The smallest absolute Gasteiger partial charge is 0.160 e. The number of Topliss-reactive ketones (excluding diaryl/α,β-unsaturated/α-hetero) is 1. The molecule has 1 aromatic carbocycles. The van der Waals surface area contributed by atoms with E-state index in [2.05, 4.69) is 20.8 Å². The highest BCUT2D eigenvalue weighted by Crippen LogP contribution is 2.28. The summed E-state index contributed by atoms with van der Waals surface area (Å²) in [6, 6.07) is 5.05. The quantitative estimate of drug-likeness (QED) is 0.588. The van der Waals surface area contributed by atoms with Crippen molar-refractivity contribution < 1.29 is 19.7 Å². The van der Waals surface area contributed by atoms with Crippen molar-refractivity contribution >= 4 is 5.78 Å². The van der Waals surface area contributed by atoms with Crippen LogP contribution in [0.4, 0.5) is 0 Å². The van der Waals surface area contributed by atoms with E-state index in [1.807, 2.05) is 0 Å². The van der Waals surface area contributed by atoms with E-state index in [1.54, 1.807) is 18.2 Å². The molecule has 2 N–H and O–H groups in total. The number of aromatic hydroxyl groups is 1. The molecule has 0 saturated heterocycles. The number of ketones is 1. The molecule has 0 aliphatic carbocycles. The van der Waals surface area contributed by atoms with Gasteiger partial charge < -0.3 is 14.9 Å². The van der Waals surface area contributed by atoms with Crippen molar-refractivity contribution in [1.29, 1.82) is 0 Å². The molecule has 1 rings (SSSR count). The first-order valence-electron chi connectivity index (χ1n) is 9.36. The average molecular weight is 350 g/mol. The number of hydrogen-bond donors (Lipinski definition) is 2. The monoisotopic (exact) mass is 350 g/mol. The summed E-state index contributed by atoms with van der Waals surface area (Å²) in [6.07, 6.45) is 5.47. The Morgan fingerprint density at radius 1 is 1.16 bits per heavy atom. The molecule has 0 amide bonds. The molecule has 1 aromatic rings. The number of rotatable bonds is 12. The number of phenols is 1. The number of aliphatic hydroxyl groups excluding tert-OH is 1. The fraction of sp³-hybridized carbons (Fsp3) is 0.667. The second-order valence-corrected chi connectivity index (χ2v) is 7.52. The van der Waals surface area contributed by atoms with Crippen LogP contribution in [-0.4, -0.2) is 29.7 Å². The third-order valence-electron chi connectivity index (χ3n) is 4.76. The third kappa shape index (κ3) is 7.91. The molecule has 142 valence electrons. The Hall–Kier alpha value is -1.55. The molecule has 4 nitrogen and oxygen atoms in total. The Kier molecular flexibility index (Phi) is 9.58. The van der Waals surface area contributed by atoms with Gasteiger partial charge in [-0.2, -0.15) is 0 Å². The molecule has 0 heterocycles. The topological polar surface area (TPSA) is 66.8 Å². The van der Waals surface area contributed by atoms with Crippen LogP contribution in [0.25, 0.3) is 0 Å². The van der Waals surface area contributed by atoms with Gasteiger partial charge in [-0.1, -0.05) is 46.1 Å². The molecule has 0 aliphatic heterocycles. The highest BCUT2D eigenvalue weighted by Gasteiger charge is 2.19. The molecule has 0 aliphatic rings. The zero-order chi connectivity index (χ0) is 18.8. The number of phenolic OH excluding ortho intramolecular Hbond substituents is 1. The summed E-state index contributed by atoms with van der Waals surface area (Å²) in [5.41, 5.74) is 0.882. The fourth-order valence-corrected chi connectivity index (χ4v) is 3.03. The molecular weight excluding hydrogens is 316 g/mol. The van der Waals surface area contributed by atoms with Gasteiger partial charge >= 0.3 is 0 Å². The first-order valence-corrected chi connectivity index (χ1v) is 9.36. The van der Waals surface area contributed by atoms with Crippen molar-refractivity contribution in [3.8, 4) is 11.5 Å². The van der Waals surface area contributed by atoms with Crippen LogP contribution in [0.1, 0.15) is 58.4 Å². The summed E-state index contributed by atoms with van der Waals surface area (Å²) in [4.78, 5) is 12.4. The molecule has 4 heteroatoms. The molecule has 1 unspecified atom stereocenters. The van der Waals surface area contributed by atoms with Gasteiger partial charge in [0.15, 0.2) is 11.5 Å². The van der Waals surface area contributed by atoms with Gasteiger partial charge in [-0.05, 0) is 42.4 Å². The van der Waals surface area contributed by atoms with E-state index in [4.69, 9.17) is 4.74 Å². The highest BCUT2D eigenvalue weighted by atomic mass is 16.5. The van der Waals surface area contributed by atoms with Gasteiger partial charge in [-0.25, -0.2) is 0 Å². The molecule has 0 fully saturated rings. The van der Waals surface area contributed by atoms with Crippen molar-refractivity contribution in [2.45, 2.75) is 59.3 Å². The van der Waals surface area contributed by atoms with Crippen molar-refractivity contribution in [3.63, 3.8) is 0 Å². The Morgan fingerprint density at radius 3 is 2.48 bits per heavy atom. The van der Waals surface area contributed by atoms with Gasteiger partial charge in [0.05, 0.1) is 13.7 Å². The lowest BCUT2D eigenvalue weighted by Gasteiger charge is -2.16. The first-order chi connectivity index (χ1) is 11.9. The molecule has 2 atom stereocenters. The van der Waals surface area contributed by atoms with Gasteiger partial charge in [0.1, 0.15) is 5.78 Å². The normalized spacial score (nSPS) is 13.7. The van der Waals surface area contributed by atoms with Crippen molar-refractivity contribution in [3.05, 3.63) is 23.8 Å². The summed E-state index contributed by atoms with van der Waals surface area (Å²) in [6.45, 7) is 6.52. The molecule has 0 spiro atoms. The number of benzene rings is 1. The maximum absolute atomic E-state index is 12.4. The number of carbonyl (C=O) groups is 1. The van der Waals surface area contributed by atoms with Crippen molar-refractivity contribution in [1.82, 2.24) is 0 Å². The van der Waals surface area contributed by atoms with Crippen LogP contribution in [0.15, 0.2) is 18.2 Å². The van der Waals surface area contributed by atoms with Gasteiger partial charge in [0.25, 0.3) is 0 Å². The van der Waals surface area contributed by atoms with Crippen molar-refractivity contribution in [2.75, 3.05) is 13.7 Å². The minimum absolute atomic E-state index is 0.0772. The Balaban J connectivity index is 2.49. The van der Waals surface area contributed by atoms with E-state index < -0.39 is 5.92 Å². The lowest BCUT2D eigenvalue weighted by atomic mass is 9.89. The van der Waals surface area contributed by atoms with Crippen LogP contribution in [-0.2, 0) is 11.2 Å². The van der Waals surface area contributed by atoms with Gasteiger partial charge in [-0.3, -0.25) is 4.79 Å². The number of ether oxygens (including phenoxy) is 1.